The van der Waals surface area contributed by atoms with Crippen LogP contribution in [0, 0.1) is 5.82 Å². The van der Waals surface area contributed by atoms with Crippen molar-refractivity contribution in [3.05, 3.63) is 65.5 Å². The van der Waals surface area contributed by atoms with Crippen LogP contribution in [0.4, 0.5) is 10.1 Å². The van der Waals surface area contributed by atoms with Crippen LogP contribution in [0.5, 0.6) is 0 Å². The lowest BCUT2D eigenvalue weighted by Gasteiger charge is -2.27. The van der Waals surface area contributed by atoms with Gasteiger partial charge < -0.3 is 10.2 Å². The molecule has 2 aliphatic rings. The Labute approximate surface area is 170 Å². The van der Waals surface area contributed by atoms with E-state index in [2.05, 4.69) is 10.2 Å². The average molecular weight is 395 g/mol. The molecule has 2 heterocycles. The van der Waals surface area contributed by atoms with Crippen LogP contribution in [0.3, 0.4) is 0 Å². The van der Waals surface area contributed by atoms with E-state index < -0.39 is 0 Å². The van der Waals surface area contributed by atoms with E-state index in [4.69, 9.17) is 0 Å². The maximum atomic E-state index is 13.1. The maximum absolute atomic E-state index is 13.1. The fourth-order valence-electron chi connectivity index (χ4n) is 4.18. The van der Waals surface area contributed by atoms with Gasteiger partial charge in [-0.15, -0.1) is 0 Å². The first-order valence-corrected chi connectivity index (χ1v) is 10.3. The van der Waals surface area contributed by atoms with Crippen LogP contribution in [-0.2, 0) is 11.3 Å². The van der Waals surface area contributed by atoms with E-state index in [1.54, 1.807) is 17.0 Å². The van der Waals surface area contributed by atoms with Crippen molar-refractivity contribution in [3.8, 4) is 0 Å². The number of piperidine rings is 1. The lowest BCUT2D eigenvalue weighted by atomic mass is 10.0. The lowest BCUT2D eigenvalue weighted by Crippen LogP contribution is -2.38. The van der Waals surface area contributed by atoms with Gasteiger partial charge in [0.1, 0.15) is 5.82 Å². The molecule has 6 heteroatoms. The van der Waals surface area contributed by atoms with Gasteiger partial charge in [-0.1, -0.05) is 24.6 Å². The number of hydrogen-bond donors (Lipinski definition) is 1. The summed E-state index contributed by atoms with van der Waals surface area (Å²) in [5, 5.41) is 3.02. The van der Waals surface area contributed by atoms with Gasteiger partial charge in [-0.2, -0.15) is 0 Å². The smallest absolute Gasteiger partial charge is 0.251 e. The van der Waals surface area contributed by atoms with Crippen molar-refractivity contribution >= 4 is 17.5 Å². The molecule has 2 fully saturated rings. The monoisotopic (exact) mass is 395 g/mol. The molecular formula is C23H26FN3O2. The number of carbonyl (C=O) groups is 2. The van der Waals surface area contributed by atoms with Crippen LogP contribution >= 0.6 is 0 Å². The maximum Gasteiger partial charge on any atom is 0.251 e. The third kappa shape index (κ3) is 4.65. The summed E-state index contributed by atoms with van der Waals surface area (Å²) in [4.78, 5) is 29.3. The van der Waals surface area contributed by atoms with E-state index in [0.29, 0.717) is 17.8 Å². The number of hydrogen-bond acceptors (Lipinski definition) is 3. The highest BCUT2D eigenvalue weighted by Gasteiger charge is 2.32. The first-order valence-electron chi connectivity index (χ1n) is 10.3. The van der Waals surface area contributed by atoms with Crippen molar-refractivity contribution in [2.45, 2.75) is 38.3 Å². The second-order valence-electron chi connectivity index (χ2n) is 7.85. The van der Waals surface area contributed by atoms with Crippen molar-refractivity contribution in [2.75, 3.05) is 24.5 Å². The summed E-state index contributed by atoms with van der Waals surface area (Å²) in [5.74, 6) is -0.546. The van der Waals surface area contributed by atoms with Gasteiger partial charge >= 0.3 is 0 Å². The summed E-state index contributed by atoms with van der Waals surface area (Å²) in [6.45, 7) is 3.30. The minimum Gasteiger partial charge on any atom is -0.347 e. The highest BCUT2D eigenvalue weighted by atomic mass is 19.1. The molecule has 2 aromatic rings. The molecular weight excluding hydrogens is 369 g/mol. The minimum atomic E-state index is -0.337. The van der Waals surface area contributed by atoms with E-state index in [9.17, 15) is 14.0 Å². The van der Waals surface area contributed by atoms with Crippen LogP contribution in [0.1, 0.15) is 41.6 Å². The second kappa shape index (κ2) is 8.74. The molecule has 1 unspecified atom stereocenters. The molecule has 0 bridgehead atoms. The third-order valence-corrected chi connectivity index (χ3v) is 5.70. The van der Waals surface area contributed by atoms with Crippen LogP contribution < -0.4 is 10.2 Å². The zero-order valence-electron chi connectivity index (χ0n) is 16.4. The van der Waals surface area contributed by atoms with Gasteiger partial charge in [0.25, 0.3) is 5.91 Å². The summed E-state index contributed by atoms with van der Waals surface area (Å²) >= 11 is 0. The molecule has 0 aromatic heterocycles. The molecule has 2 amide bonds. The fraction of sp³-hybridized carbons (Fsp3) is 0.391. The summed E-state index contributed by atoms with van der Waals surface area (Å²) < 4.78 is 13.1. The number of nitrogens with one attached hydrogen (secondary N) is 1. The van der Waals surface area contributed by atoms with Crippen molar-refractivity contribution in [3.63, 3.8) is 0 Å². The lowest BCUT2D eigenvalue weighted by molar-refractivity contribution is -0.117. The summed E-state index contributed by atoms with van der Waals surface area (Å²) in [5.41, 5.74) is 2.34. The topological polar surface area (TPSA) is 52.7 Å². The highest BCUT2D eigenvalue weighted by molar-refractivity contribution is 5.99. The molecule has 29 heavy (non-hydrogen) atoms. The van der Waals surface area contributed by atoms with Gasteiger partial charge in [0.15, 0.2) is 0 Å². The van der Waals surface area contributed by atoms with Gasteiger partial charge in [0, 0.05) is 30.8 Å². The largest absolute Gasteiger partial charge is 0.347 e. The molecule has 1 N–H and O–H groups in total. The van der Waals surface area contributed by atoms with Gasteiger partial charge in [-0.25, -0.2) is 4.39 Å². The van der Waals surface area contributed by atoms with Crippen LogP contribution in [0.15, 0.2) is 48.5 Å². The Kier molecular flexibility index (Phi) is 5.90. The quantitative estimate of drug-likeness (QED) is 0.845. The SMILES string of the molecule is O=C(NC1CC(=O)N(c2ccc(F)cc2)C1)c1ccccc1CN1CCCCC1. The summed E-state index contributed by atoms with van der Waals surface area (Å²) in [7, 11) is 0. The fourth-order valence-corrected chi connectivity index (χ4v) is 4.18. The molecule has 1 atom stereocenters. The van der Waals surface area contributed by atoms with Crippen LogP contribution in [0.2, 0.25) is 0 Å². The standard InChI is InChI=1S/C23H26FN3O2/c24-18-8-10-20(11-9-18)27-16-19(14-22(27)28)25-23(29)21-7-3-2-6-17(21)15-26-12-4-1-5-13-26/h2-3,6-11,19H,1,4-5,12-16H2,(H,25,29). The molecule has 152 valence electrons. The Morgan fingerprint density at radius 3 is 2.52 bits per heavy atom. The number of benzene rings is 2. The Hall–Kier alpha value is -2.73. The zero-order chi connectivity index (χ0) is 20.2. The van der Waals surface area contributed by atoms with Crippen LogP contribution in [-0.4, -0.2) is 42.4 Å². The summed E-state index contributed by atoms with van der Waals surface area (Å²) in [6, 6.07) is 13.3. The van der Waals surface area contributed by atoms with Crippen molar-refractivity contribution in [1.82, 2.24) is 10.2 Å². The Balaban J connectivity index is 1.42. The third-order valence-electron chi connectivity index (χ3n) is 5.70. The van der Waals surface area contributed by atoms with Gasteiger partial charge in [-0.05, 0) is 61.8 Å². The minimum absolute atomic E-state index is 0.0662. The van der Waals surface area contributed by atoms with Gasteiger partial charge in [0.05, 0.1) is 6.04 Å². The Morgan fingerprint density at radius 2 is 1.76 bits per heavy atom. The summed E-state index contributed by atoms with van der Waals surface area (Å²) in [6.07, 6.45) is 3.94. The van der Waals surface area contributed by atoms with Gasteiger partial charge in [-0.3, -0.25) is 14.5 Å². The number of carbonyl (C=O) groups excluding carboxylic acids is 2. The van der Waals surface area contributed by atoms with E-state index >= 15 is 0 Å². The van der Waals surface area contributed by atoms with Crippen molar-refractivity contribution in [1.29, 1.82) is 0 Å². The number of rotatable bonds is 5. The number of halogens is 1. The molecule has 5 nitrogen and oxygen atoms in total. The number of anilines is 1. The molecule has 0 saturated carbocycles. The van der Waals surface area contributed by atoms with Crippen molar-refractivity contribution < 1.29 is 14.0 Å². The molecule has 2 saturated heterocycles. The number of nitrogens with zero attached hydrogens (tertiary/aromatic N) is 2. The average Bonchev–Trinajstić information content (AvgIpc) is 3.09. The second-order valence-corrected chi connectivity index (χ2v) is 7.85. The van der Waals surface area contributed by atoms with E-state index in [1.807, 2.05) is 24.3 Å². The molecule has 0 spiro atoms. The molecule has 4 rings (SSSR count). The molecule has 2 aliphatic heterocycles. The van der Waals surface area contributed by atoms with Crippen molar-refractivity contribution in [2.24, 2.45) is 0 Å². The normalized spacial score (nSPS) is 20.1. The zero-order valence-corrected chi connectivity index (χ0v) is 16.4. The predicted octanol–water partition coefficient (Wildman–Crippen LogP) is 3.35. The van der Waals surface area contributed by atoms with Crippen LogP contribution in [0.25, 0.3) is 0 Å². The molecule has 0 aliphatic carbocycles. The first kappa shape index (κ1) is 19.6. The van der Waals surface area contributed by atoms with E-state index in [0.717, 1.165) is 25.2 Å². The molecule has 0 radical (unpaired) electrons. The molecule has 2 aromatic carbocycles. The Morgan fingerprint density at radius 1 is 1.03 bits per heavy atom. The number of likely N-dealkylation sites (tertiary alicyclic amines) is 1. The number of amides is 2. The van der Waals surface area contributed by atoms with Gasteiger partial charge in [0.2, 0.25) is 5.91 Å². The van der Waals surface area contributed by atoms with E-state index in [-0.39, 0.29) is 30.1 Å². The van der Waals surface area contributed by atoms with E-state index in [1.165, 1.54) is 31.4 Å². The Bertz CT molecular complexity index is 878. The highest BCUT2D eigenvalue weighted by Crippen LogP contribution is 2.22. The predicted molar refractivity (Wildman–Crippen MR) is 110 cm³/mol. The first-order chi connectivity index (χ1) is 14.1.